The van der Waals surface area contributed by atoms with Gasteiger partial charge in [-0.05, 0) is 24.6 Å². The van der Waals surface area contributed by atoms with Gasteiger partial charge >= 0.3 is 0 Å². The molecular formula is C19H26ClN3O6S2. The molecule has 9 nitrogen and oxygen atoms in total. The van der Waals surface area contributed by atoms with Crippen LogP contribution in [0.15, 0.2) is 23.1 Å². The fourth-order valence-electron chi connectivity index (χ4n) is 4.29. The van der Waals surface area contributed by atoms with Crippen molar-refractivity contribution >= 4 is 37.4 Å². The molecule has 4 rings (SSSR count). The molecule has 0 radical (unpaired) electrons. The number of carbonyl (C=O) groups excluding carboxylic acids is 1. The summed E-state index contributed by atoms with van der Waals surface area (Å²) in [5.74, 6) is 0.0770. The Kier molecular flexibility index (Phi) is 6.62. The SMILES string of the molecule is O=C(c1cc(S(=O)(=O)N2CCOCC2)ccc1Cl)N1CCN([C@H]2CCS(=O)(=O)C2)CC1. The summed E-state index contributed by atoms with van der Waals surface area (Å²) < 4.78 is 55.9. The summed E-state index contributed by atoms with van der Waals surface area (Å²) in [6.07, 6.45) is 0.629. The minimum absolute atomic E-state index is 0.00725. The van der Waals surface area contributed by atoms with Crippen LogP contribution in [0.4, 0.5) is 0 Å². The topological polar surface area (TPSA) is 104 Å². The van der Waals surface area contributed by atoms with Gasteiger partial charge in [0.2, 0.25) is 10.0 Å². The fourth-order valence-corrected chi connectivity index (χ4v) is 7.68. The Morgan fingerprint density at radius 3 is 2.35 bits per heavy atom. The molecule has 12 heteroatoms. The summed E-state index contributed by atoms with van der Waals surface area (Å²) in [7, 11) is -6.70. The normalized spacial score (nSPS) is 25.6. The van der Waals surface area contributed by atoms with E-state index in [0.29, 0.717) is 45.8 Å². The molecule has 3 heterocycles. The number of hydrogen-bond acceptors (Lipinski definition) is 7. The molecule has 1 aromatic rings. The van der Waals surface area contributed by atoms with Crippen LogP contribution < -0.4 is 0 Å². The van der Waals surface area contributed by atoms with Crippen LogP contribution in [0.1, 0.15) is 16.8 Å². The van der Waals surface area contributed by atoms with Gasteiger partial charge in [-0.15, -0.1) is 0 Å². The first kappa shape index (κ1) is 22.9. The van der Waals surface area contributed by atoms with Gasteiger partial charge in [-0.25, -0.2) is 16.8 Å². The van der Waals surface area contributed by atoms with Crippen LogP contribution in [0.3, 0.4) is 0 Å². The minimum Gasteiger partial charge on any atom is -0.379 e. The second-order valence-electron chi connectivity index (χ2n) is 8.04. The average molecular weight is 492 g/mol. The van der Waals surface area contributed by atoms with Crippen molar-refractivity contribution < 1.29 is 26.4 Å². The fraction of sp³-hybridized carbons (Fsp3) is 0.632. The van der Waals surface area contributed by atoms with Crippen molar-refractivity contribution in [3.63, 3.8) is 0 Å². The third-order valence-electron chi connectivity index (χ3n) is 6.10. The minimum atomic E-state index is -3.74. The number of carbonyl (C=O) groups is 1. The van der Waals surface area contributed by atoms with E-state index in [9.17, 15) is 21.6 Å². The lowest BCUT2D eigenvalue weighted by Crippen LogP contribution is -2.52. The van der Waals surface area contributed by atoms with E-state index in [-0.39, 0.29) is 52.0 Å². The summed E-state index contributed by atoms with van der Waals surface area (Å²) in [6.45, 7) is 3.25. The maximum Gasteiger partial charge on any atom is 0.255 e. The van der Waals surface area contributed by atoms with Crippen LogP contribution in [0.25, 0.3) is 0 Å². The van der Waals surface area contributed by atoms with Crippen LogP contribution in [-0.4, -0.2) is 107 Å². The molecular weight excluding hydrogens is 466 g/mol. The van der Waals surface area contributed by atoms with Gasteiger partial charge in [-0.1, -0.05) is 11.6 Å². The molecule has 1 amide bonds. The van der Waals surface area contributed by atoms with Gasteiger partial charge in [0.15, 0.2) is 9.84 Å². The summed E-state index contributed by atoms with van der Waals surface area (Å²) in [6, 6.07) is 4.23. The van der Waals surface area contributed by atoms with E-state index in [1.54, 1.807) is 4.90 Å². The number of hydrogen-bond donors (Lipinski definition) is 0. The molecule has 0 N–H and O–H groups in total. The lowest BCUT2D eigenvalue weighted by atomic mass is 10.1. The van der Waals surface area contributed by atoms with Gasteiger partial charge in [-0.2, -0.15) is 4.31 Å². The number of halogens is 1. The van der Waals surface area contributed by atoms with Crippen LogP contribution in [0.2, 0.25) is 5.02 Å². The first-order valence-corrected chi connectivity index (χ1v) is 13.9. The lowest BCUT2D eigenvalue weighted by molar-refractivity contribution is 0.0587. The highest BCUT2D eigenvalue weighted by molar-refractivity contribution is 7.91. The quantitative estimate of drug-likeness (QED) is 0.596. The second kappa shape index (κ2) is 8.95. The Morgan fingerprint density at radius 1 is 1.06 bits per heavy atom. The Morgan fingerprint density at radius 2 is 1.74 bits per heavy atom. The molecule has 0 aliphatic carbocycles. The Bertz CT molecular complexity index is 1050. The van der Waals surface area contributed by atoms with E-state index in [0.717, 1.165) is 0 Å². The van der Waals surface area contributed by atoms with E-state index >= 15 is 0 Å². The predicted molar refractivity (Wildman–Crippen MR) is 116 cm³/mol. The first-order valence-electron chi connectivity index (χ1n) is 10.3. The molecule has 3 saturated heterocycles. The van der Waals surface area contributed by atoms with Crippen molar-refractivity contribution in [2.24, 2.45) is 0 Å². The van der Waals surface area contributed by atoms with Crippen molar-refractivity contribution in [2.75, 3.05) is 64.0 Å². The molecule has 3 fully saturated rings. The van der Waals surface area contributed by atoms with Crippen LogP contribution in [0.5, 0.6) is 0 Å². The van der Waals surface area contributed by atoms with Gasteiger partial charge in [0.25, 0.3) is 5.91 Å². The molecule has 0 aromatic heterocycles. The zero-order chi connectivity index (χ0) is 22.2. The zero-order valence-corrected chi connectivity index (χ0v) is 19.5. The highest BCUT2D eigenvalue weighted by Gasteiger charge is 2.35. The number of sulfonamides is 1. The van der Waals surface area contributed by atoms with E-state index in [1.807, 2.05) is 0 Å². The monoisotopic (exact) mass is 491 g/mol. The molecule has 1 aromatic carbocycles. The van der Waals surface area contributed by atoms with Crippen LogP contribution in [0, 0.1) is 0 Å². The van der Waals surface area contributed by atoms with Crippen molar-refractivity contribution in [3.8, 4) is 0 Å². The highest BCUT2D eigenvalue weighted by atomic mass is 35.5. The predicted octanol–water partition coefficient (Wildman–Crippen LogP) is 0.306. The van der Waals surface area contributed by atoms with E-state index in [1.165, 1.54) is 22.5 Å². The second-order valence-corrected chi connectivity index (χ2v) is 12.6. The van der Waals surface area contributed by atoms with Gasteiger partial charge in [0.05, 0.1) is 40.2 Å². The standard InChI is InChI=1S/C19H26ClN3O6S2/c20-18-2-1-16(31(27,28)23-8-10-29-11-9-23)13-17(18)19(24)22-6-4-21(5-7-22)15-3-12-30(25,26)14-15/h1-2,13,15H,3-12,14H2/t15-/m0/s1. The number of rotatable bonds is 4. The molecule has 3 aliphatic heterocycles. The van der Waals surface area contributed by atoms with E-state index in [2.05, 4.69) is 4.90 Å². The lowest BCUT2D eigenvalue weighted by Gasteiger charge is -2.37. The van der Waals surface area contributed by atoms with E-state index < -0.39 is 19.9 Å². The smallest absolute Gasteiger partial charge is 0.255 e. The zero-order valence-electron chi connectivity index (χ0n) is 17.1. The van der Waals surface area contributed by atoms with Gasteiger partial charge < -0.3 is 9.64 Å². The molecule has 0 unspecified atom stereocenters. The van der Waals surface area contributed by atoms with Crippen LogP contribution in [-0.2, 0) is 24.6 Å². The van der Waals surface area contributed by atoms with Gasteiger partial charge in [-0.3, -0.25) is 9.69 Å². The first-order chi connectivity index (χ1) is 14.7. The Hall–Kier alpha value is -1.24. The third kappa shape index (κ3) is 4.91. The van der Waals surface area contributed by atoms with Gasteiger partial charge in [0, 0.05) is 45.3 Å². The summed E-state index contributed by atoms with van der Waals surface area (Å²) in [4.78, 5) is 16.9. The molecule has 0 saturated carbocycles. The number of benzene rings is 1. The molecule has 0 bridgehead atoms. The number of piperazine rings is 1. The number of nitrogens with zero attached hydrogens (tertiary/aromatic N) is 3. The summed E-state index contributed by atoms with van der Waals surface area (Å²) >= 11 is 6.26. The summed E-state index contributed by atoms with van der Waals surface area (Å²) in [5.41, 5.74) is 0.160. The van der Waals surface area contributed by atoms with Crippen molar-refractivity contribution in [2.45, 2.75) is 17.4 Å². The maximum atomic E-state index is 13.1. The average Bonchev–Trinajstić information content (AvgIpc) is 3.14. The van der Waals surface area contributed by atoms with Crippen molar-refractivity contribution in [1.82, 2.24) is 14.1 Å². The van der Waals surface area contributed by atoms with Crippen molar-refractivity contribution in [1.29, 1.82) is 0 Å². The third-order valence-corrected chi connectivity index (χ3v) is 10.1. The van der Waals surface area contributed by atoms with E-state index in [4.69, 9.17) is 16.3 Å². The maximum absolute atomic E-state index is 13.1. The summed E-state index contributed by atoms with van der Waals surface area (Å²) in [5, 5.41) is 0.204. The number of ether oxygens (including phenoxy) is 1. The van der Waals surface area contributed by atoms with Crippen LogP contribution >= 0.6 is 11.6 Å². The largest absolute Gasteiger partial charge is 0.379 e. The molecule has 3 aliphatic rings. The molecule has 172 valence electrons. The molecule has 0 spiro atoms. The Labute approximate surface area is 187 Å². The van der Waals surface area contributed by atoms with Gasteiger partial charge in [0.1, 0.15) is 0 Å². The highest BCUT2D eigenvalue weighted by Crippen LogP contribution is 2.26. The Balaban J connectivity index is 1.46. The molecule has 1 atom stereocenters. The van der Waals surface area contributed by atoms with Crippen molar-refractivity contribution in [3.05, 3.63) is 28.8 Å². The number of sulfone groups is 1. The molecule has 31 heavy (non-hydrogen) atoms. The number of morpholine rings is 1. The number of amides is 1.